The summed E-state index contributed by atoms with van der Waals surface area (Å²) in [5.41, 5.74) is 1.86. The minimum Gasteiger partial charge on any atom is -0.506 e. The van der Waals surface area contributed by atoms with Gasteiger partial charge in [-0.1, -0.05) is 11.6 Å². The summed E-state index contributed by atoms with van der Waals surface area (Å²) in [6.07, 6.45) is 5.14. The van der Waals surface area contributed by atoms with Crippen LogP contribution >= 0.6 is 11.6 Å². The average molecular weight is 267 g/mol. The number of phenolic OH excluding ortho intramolecular Hbond substituents is 1. The molecule has 3 nitrogen and oxygen atoms in total. The molecule has 0 spiro atoms. The van der Waals surface area contributed by atoms with E-state index in [0.717, 1.165) is 36.8 Å². The van der Waals surface area contributed by atoms with E-state index in [2.05, 4.69) is 0 Å². The third-order valence-electron chi connectivity index (χ3n) is 4.21. The molecule has 0 amide bonds. The van der Waals surface area contributed by atoms with Gasteiger partial charge in [-0.2, -0.15) is 0 Å². The van der Waals surface area contributed by atoms with Crippen molar-refractivity contribution in [1.82, 2.24) is 0 Å². The second-order valence-electron chi connectivity index (χ2n) is 5.31. The van der Waals surface area contributed by atoms with Crippen LogP contribution in [-0.2, 0) is 23.1 Å². The smallest absolute Gasteiger partial charge is 0.314 e. The molecule has 0 radical (unpaired) electrons. The molecular weight excluding hydrogens is 252 g/mol. The summed E-state index contributed by atoms with van der Waals surface area (Å²) in [6, 6.07) is 1.80. The number of carboxylic acid groups (broad SMARTS) is 1. The molecule has 2 aliphatic carbocycles. The van der Waals surface area contributed by atoms with Gasteiger partial charge < -0.3 is 10.2 Å². The Bertz CT molecular complexity index is 532. The normalized spacial score (nSPS) is 20.3. The number of aromatic hydroxyl groups is 1. The maximum Gasteiger partial charge on any atom is 0.314 e. The topological polar surface area (TPSA) is 57.5 Å². The van der Waals surface area contributed by atoms with Crippen LogP contribution < -0.4 is 0 Å². The molecule has 0 unspecified atom stereocenters. The molecule has 4 heteroatoms. The molecule has 0 bridgehead atoms. The fraction of sp³-hybridized carbons (Fsp3) is 0.500. The summed E-state index contributed by atoms with van der Waals surface area (Å²) in [4.78, 5) is 11.5. The number of phenols is 1. The van der Waals surface area contributed by atoms with Crippen molar-refractivity contribution in [2.75, 3.05) is 0 Å². The first kappa shape index (κ1) is 11.8. The van der Waals surface area contributed by atoms with Gasteiger partial charge >= 0.3 is 5.97 Å². The Labute approximate surface area is 110 Å². The molecule has 18 heavy (non-hydrogen) atoms. The lowest BCUT2D eigenvalue weighted by molar-refractivity contribution is -0.140. The zero-order valence-electron chi connectivity index (χ0n) is 10.0. The van der Waals surface area contributed by atoms with E-state index < -0.39 is 11.4 Å². The molecule has 2 aliphatic rings. The van der Waals surface area contributed by atoms with E-state index in [0.29, 0.717) is 18.4 Å². The molecule has 3 rings (SSSR count). The Morgan fingerprint density at radius 3 is 2.56 bits per heavy atom. The molecule has 1 saturated carbocycles. The quantitative estimate of drug-likeness (QED) is 0.865. The van der Waals surface area contributed by atoms with Crippen LogP contribution in [0.1, 0.15) is 42.4 Å². The van der Waals surface area contributed by atoms with E-state index in [1.165, 1.54) is 0 Å². The van der Waals surface area contributed by atoms with Crippen LogP contribution in [0.15, 0.2) is 6.07 Å². The fourth-order valence-corrected chi connectivity index (χ4v) is 3.29. The molecule has 0 saturated heterocycles. The highest BCUT2D eigenvalue weighted by Gasteiger charge is 2.55. The number of carboxylic acids is 1. The monoisotopic (exact) mass is 266 g/mol. The standard InChI is InChI=1S/C14H15ClO3/c15-10-7-8-3-1-2-4-9(8)11(12(10)16)14(5-6-14)13(17)18/h7,16H,1-6H2,(H,17,18). The highest BCUT2D eigenvalue weighted by Crippen LogP contribution is 2.55. The van der Waals surface area contributed by atoms with Gasteiger partial charge in [0.1, 0.15) is 5.75 Å². The van der Waals surface area contributed by atoms with Gasteiger partial charge in [-0.15, -0.1) is 0 Å². The van der Waals surface area contributed by atoms with Gasteiger partial charge in [0.15, 0.2) is 0 Å². The zero-order valence-corrected chi connectivity index (χ0v) is 10.8. The number of carbonyl (C=O) groups is 1. The molecule has 0 heterocycles. The first-order chi connectivity index (χ1) is 8.56. The van der Waals surface area contributed by atoms with Gasteiger partial charge in [0, 0.05) is 5.56 Å². The summed E-state index contributed by atoms with van der Waals surface area (Å²) < 4.78 is 0. The molecular formula is C14H15ClO3. The zero-order chi connectivity index (χ0) is 12.9. The molecule has 0 aromatic heterocycles. The van der Waals surface area contributed by atoms with E-state index in [-0.39, 0.29) is 10.8 Å². The molecule has 0 atom stereocenters. The highest BCUT2D eigenvalue weighted by atomic mass is 35.5. The Hall–Kier alpha value is -1.22. The Kier molecular flexibility index (Phi) is 2.56. The summed E-state index contributed by atoms with van der Waals surface area (Å²) in [7, 11) is 0. The van der Waals surface area contributed by atoms with Crippen LogP contribution in [0.2, 0.25) is 5.02 Å². The minimum atomic E-state index is -0.879. The van der Waals surface area contributed by atoms with Crippen LogP contribution in [0.5, 0.6) is 5.75 Å². The maximum absolute atomic E-state index is 11.5. The van der Waals surface area contributed by atoms with Gasteiger partial charge in [0.25, 0.3) is 0 Å². The summed E-state index contributed by atoms with van der Waals surface area (Å²) in [6.45, 7) is 0. The van der Waals surface area contributed by atoms with Crippen LogP contribution in [0.3, 0.4) is 0 Å². The number of rotatable bonds is 2. The lowest BCUT2D eigenvalue weighted by Gasteiger charge is -2.24. The Morgan fingerprint density at radius 1 is 1.28 bits per heavy atom. The van der Waals surface area contributed by atoms with Gasteiger partial charge in [-0.25, -0.2) is 0 Å². The molecule has 2 N–H and O–H groups in total. The van der Waals surface area contributed by atoms with Gasteiger partial charge in [0.05, 0.1) is 10.4 Å². The number of benzene rings is 1. The van der Waals surface area contributed by atoms with Gasteiger partial charge in [-0.3, -0.25) is 4.79 Å². The van der Waals surface area contributed by atoms with Crippen molar-refractivity contribution in [2.45, 2.75) is 43.9 Å². The first-order valence-corrected chi connectivity index (χ1v) is 6.71. The lowest BCUT2D eigenvalue weighted by Crippen LogP contribution is -2.23. The van der Waals surface area contributed by atoms with Crippen LogP contribution in [0.25, 0.3) is 0 Å². The van der Waals surface area contributed by atoms with E-state index in [4.69, 9.17) is 11.6 Å². The number of aliphatic carboxylic acids is 1. The summed E-state index contributed by atoms with van der Waals surface area (Å²) >= 11 is 6.05. The van der Waals surface area contributed by atoms with Crippen molar-refractivity contribution in [2.24, 2.45) is 0 Å². The summed E-state index contributed by atoms with van der Waals surface area (Å²) in [5, 5.41) is 19.9. The molecule has 0 aliphatic heterocycles. The molecule has 96 valence electrons. The predicted octanol–water partition coefficient (Wildman–Crippen LogP) is 3.04. The average Bonchev–Trinajstić information content (AvgIpc) is 3.12. The van der Waals surface area contributed by atoms with Gasteiger partial charge in [0.2, 0.25) is 0 Å². The Morgan fingerprint density at radius 2 is 1.94 bits per heavy atom. The fourth-order valence-electron chi connectivity index (χ4n) is 3.07. The third kappa shape index (κ3) is 1.53. The van der Waals surface area contributed by atoms with Crippen molar-refractivity contribution >= 4 is 17.6 Å². The largest absolute Gasteiger partial charge is 0.506 e. The second kappa shape index (κ2) is 3.89. The number of aryl methyl sites for hydroxylation is 1. The van der Waals surface area contributed by atoms with E-state index in [1.807, 2.05) is 0 Å². The van der Waals surface area contributed by atoms with Crippen molar-refractivity contribution in [3.63, 3.8) is 0 Å². The van der Waals surface area contributed by atoms with Crippen molar-refractivity contribution < 1.29 is 15.0 Å². The first-order valence-electron chi connectivity index (χ1n) is 6.33. The number of hydrogen-bond acceptors (Lipinski definition) is 2. The van der Waals surface area contributed by atoms with Crippen LogP contribution in [0, 0.1) is 0 Å². The Balaban J connectivity index is 2.24. The highest BCUT2D eigenvalue weighted by molar-refractivity contribution is 6.32. The second-order valence-corrected chi connectivity index (χ2v) is 5.72. The number of hydrogen-bond donors (Lipinski definition) is 2. The SMILES string of the molecule is O=C(O)C1(c2c(O)c(Cl)cc3c2CCCC3)CC1. The van der Waals surface area contributed by atoms with Crippen LogP contribution in [-0.4, -0.2) is 16.2 Å². The van der Waals surface area contributed by atoms with Crippen LogP contribution in [0.4, 0.5) is 0 Å². The maximum atomic E-state index is 11.5. The molecule has 1 fully saturated rings. The molecule has 1 aromatic rings. The van der Waals surface area contributed by atoms with Gasteiger partial charge in [-0.05, 0) is 55.7 Å². The predicted molar refractivity (Wildman–Crippen MR) is 68.3 cm³/mol. The third-order valence-corrected chi connectivity index (χ3v) is 4.50. The van der Waals surface area contributed by atoms with Crippen molar-refractivity contribution in [1.29, 1.82) is 0 Å². The van der Waals surface area contributed by atoms with Crippen molar-refractivity contribution in [3.8, 4) is 5.75 Å². The lowest BCUT2D eigenvalue weighted by atomic mass is 9.81. The number of halogens is 1. The van der Waals surface area contributed by atoms with E-state index >= 15 is 0 Å². The summed E-state index contributed by atoms with van der Waals surface area (Å²) in [5.74, 6) is -0.856. The number of fused-ring (bicyclic) bond motifs is 1. The minimum absolute atomic E-state index is 0.0165. The van der Waals surface area contributed by atoms with Crippen molar-refractivity contribution in [3.05, 3.63) is 27.8 Å². The van der Waals surface area contributed by atoms with E-state index in [1.54, 1.807) is 6.07 Å². The van der Waals surface area contributed by atoms with E-state index in [9.17, 15) is 15.0 Å². The molecule has 1 aromatic carbocycles.